The summed E-state index contributed by atoms with van der Waals surface area (Å²) in [6.45, 7) is 1.68. The van der Waals surface area contributed by atoms with E-state index in [2.05, 4.69) is 15.9 Å². The van der Waals surface area contributed by atoms with Crippen molar-refractivity contribution >= 4 is 25.8 Å². The highest BCUT2D eigenvalue weighted by molar-refractivity contribution is 9.10. The fourth-order valence-electron chi connectivity index (χ4n) is 1.08. The molecule has 0 bridgehead atoms. The first-order valence-electron chi connectivity index (χ1n) is 4.16. The quantitative estimate of drug-likeness (QED) is 0.913. The van der Waals surface area contributed by atoms with Gasteiger partial charge in [-0.15, -0.1) is 0 Å². The highest BCUT2D eigenvalue weighted by atomic mass is 79.9. The van der Waals surface area contributed by atoms with Gasteiger partial charge < -0.3 is 5.73 Å². The van der Waals surface area contributed by atoms with Gasteiger partial charge in [0, 0.05) is 10.5 Å². The lowest BCUT2D eigenvalue weighted by Gasteiger charge is -2.06. The molecule has 0 fully saturated rings. The van der Waals surface area contributed by atoms with Crippen molar-refractivity contribution in [2.75, 3.05) is 5.75 Å². The van der Waals surface area contributed by atoms with Crippen LogP contribution in [0.2, 0.25) is 0 Å². The fraction of sp³-hybridized carbons (Fsp3) is 0.333. The van der Waals surface area contributed by atoms with Crippen LogP contribution < -0.4 is 5.73 Å². The van der Waals surface area contributed by atoms with Gasteiger partial charge in [0.15, 0.2) is 9.84 Å². The van der Waals surface area contributed by atoms with E-state index in [0.717, 1.165) is 4.47 Å². The third-order valence-corrected chi connectivity index (χ3v) is 4.14. The minimum atomic E-state index is -3.22. The zero-order chi connectivity index (χ0) is 10.8. The molecular formula is C9H12BrNO2S. The van der Waals surface area contributed by atoms with Crippen molar-refractivity contribution in [3.63, 3.8) is 0 Å². The van der Waals surface area contributed by atoms with Crippen molar-refractivity contribution in [3.8, 4) is 0 Å². The minimum Gasteiger partial charge on any atom is -0.327 e. The van der Waals surface area contributed by atoms with Crippen LogP contribution in [0, 0.1) is 0 Å². The van der Waals surface area contributed by atoms with Crippen molar-refractivity contribution in [1.29, 1.82) is 0 Å². The lowest BCUT2D eigenvalue weighted by Crippen LogP contribution is -2.26. The number of hydrogen-bond donors (Lipinski definition) is 1. The van der Waals surface area contributed by atoms with E-state index in [-0.39, 0.29) is 11.8 Å². The van der Waals surface area contributed by atoms with Crippen LogP contribution in [-0.2, 0) is 9.84 Å². The second-order valence-electron chi connectivity index (χ2n) is 3.21. The Labute approximate surface area is 92.4 Å². The summed E-state index contributed by atoms with van der Waals surface area (Å²) in [5, 5.41) is 0. The molecule has 0 aromatic heterocycles. The SMILES string of the molecule is CC(N)CS(=O)(=O)c1ccc(Br)cc1. The van der Waals surface area contributed by atoms with E-state index in [1.54, 1.807) is 31.2 Å². The molecule has 0 aliphatic rings. The molecule has 1 unspecified atom stereocenters. The molecular weight excluding hydrogens is 266 g/mol. The first-order chi connectivity index (χ1) is 6.42. The van der Waals surface area contributed by atoms with E-state index in [4.69, 9.17) is 5.73 Å². The van der Waals surface area contributed by atoms with Gasteiger partial charge in [-0.3, -0.25) is 0 Å². The highest BCUT2D eigenvalue weighted by Gasteiger charge is 2.15. The maximum atomic E-state index is 11.7. The lowest BCUT2D eigenvalue weighted by atomic mass is 10.4. The van der Waals surface area contributed by atoms with Gasteiger partial charge in [0.25, 0.3) is 0 Å². The molecule has 0 radical (unpaired) electrons. The molecule has 5 heteroatoms. The predicted molar refractivity (Wildman–Crippen MR) is 59.8 cm³/mol. The molecule has 0 saturated carbocycles. The second-order valence-corrected chi connectivity index (χ2v) is 6.16. The molecule has 0 aliphatic heterocycles. The van der Waals surface area contributed by atoms with Crippen molar-refractivity contribution in [2.24, 2.45) is 5.73 Å². The van der Waals surface area contributed by atoms with E-state index in [0.29, 0.717) is 4.90 Å². The molecule has 1 aromatic carbocycles. The number of rotatable bonds is 3. The van der Waals surface area contributed by atoms with Crippen LogP contribution >= 0.6 is 15.9 Å². The van der Waals surface area contributed by atoms with Crippen LogP contribution in [0.15, 0.2) is 33.6 Å². The maximum Gasteiger partial charge on any atom is 0.179 e. The summed E-state index contributed by atoms with van der Waals surface area (Å²) in [5.41, 5.74) is 5.46. The summed E-state index contributed by atoms with van der Waals surface area (Å²) in [7, 11) is -3.22. The number of halogens is 1. The molecule has 0 heterocycles. The van der Waals surface area contributed by atoms with Crippen LogP contribution in [0.3, 0.4) is 0 Å². The average Bonchev–Trinajstić information content (AvgIpc) is 2.02. The zero-order valence-electron chi connectivity index (χ0n) is 7.77. The van der Waals surface area contributed by atoms with Crippen molar-refractivity contribution in [2.45, 2.75) is 17.9 Å². The van der Waals surface area contributed by atoms with E-state index >= 15 is 0 Å². The van der Waals surface area contributed by atoms with Crippen LogP contribution in [0.25, 0.3) is 0 Å². The Morgan fingerprint density at radius 3 is 2.29 bits per heavy atom. The topological polar surface area (TPSA) is 60.2 Å². The van der Waals surface area contributed by atoms with Crippen LogP contribution in [0.1, 0.15) is 6.92 Å². The summed E-state index contributed by atoms with van der Waals surface area (Å²) < 4.78 is 24.2. The van der Waals surface area contributed by atoms with Gasteiger partial charge in [0.1, 0.15) is 0 Å². The Balaban J connectivity index is 2.99. The van der Waals surface area contributed by atoms with E-state index in [1.807, 2.05) is 0 Å². The number of nitrogens with two attached hydrogens (primary N) is 1. The molecule has 14 heavy (non-hydrogen) atoms. The van der Waals surface area contributed by atoms with Gasteiger partial charge >= 0.3 is 0 Å². The van der Waals surface area contributed by atoms with Crippen molar-refractivity contribution < 1.29 is 8.42 Å². The molecule has 0 saturated heterocycles. The molecule has 3 nitrogen and oxygen atoms in total. The molecule has 1 aromatic rings. The van der Waals surface area contributed by atoms with Crippen LogP contribution in [0.4, 0.5) is 0 Å². The van der Waals surface area contributed by atoms with Gasteiger partial charge in [0.2, 0.25) is 0 Å². The second kappa shape index (κ2) is 4.42. The molecule has 1 rings (SSSR count). The summed E-state index contributed by atoms with van der Waals surface area (Å²) in [6, 6.07) is 6.20. The minimum absolute atomic E-state index is 0.0192. The largest absolute Gasteiger partial charge is 0.327 e. The predicted octanol–water partition coefficient (Wildman–Crippen LogP) is 1.57. The Morgan fingerprint density at radius 1 is 1.36 bits per heavy atom. The van der Waals surface area contributed by atoms with Gasteiger partial charge in [-0.2, -0.15) is 0 Å². The molecule has 0 aliphatic carbocycles. The van der Waals surface area contributed by atoms with E-state index < -0.39 is 9.84 Å². The summed E-state index contributed by atoms with van der Waals surface area (Å²) in [4.78, 5) is 0.318. The van der Waals surface area contributed by atoms with Crippen LogP contribution in [0.5, 0.6) is 0 Å². The van der Waals surface area contributed by atoms with Gasteiger partial charge in [-0.25, -0.2) is 8.42 Å². The number of sulfone groups is 1. The maximum absolute atomic E-state index is 11.7. The third-order valence-electron chi connectivity index (χ3n) is 1.66. The van der Waals surface area contributed by atoms with Crippen molar-refractivity contribution in [1.82, 2.24) is 0 Å². The molecule has 1 atom stereocenters. The summed E-state index contributed by atoms with van der Waals surface area (Å²) in [6.07, 6.45) is 0. The smallest absolute Gasteiger partial charge is 0.179 e. The van der Waals surface area contributed by atoms with Gasteiger partial charge in [-0.1, -0.05) is 15.9 Å². The van der Waals surface area contributed by atoms with Gasteiger partial charge in [-0.05, 0) is 31.2 Å². The Kier molecular flexibility index (Phi) is 3.69. The van der Waals surface area contributed by atoms with Crippen molar-refractivity contribution in [3.05, 3.63) is 28.7 Å². The lowest BCUT2D eigenvalue weighted by molar-refractivity contribution is 0.590. The Bertz CT molecular complexity index is 397. The molecule has 0 amide bonds. The fourth-order valence-corrected chi connectivity index (χ4v) is 2.78. The normalized spacial score (nSPS) is 13.9. The zero-order valence-corrected chi connectivity index (χ0v) is 10.2. The van der Waals surface area contributed by atoms with Crippen LogP contribution in [-0.4, -0.2) is 20.2 Å². The standard InChI is InChI=1S/C9H12BrNO2S/c1-7(11)6-14(12,13)9-4-2-8(10)3-5-9/h2-5,7H,6,11H2,1H3. The monoisotopic (exact) mass is 277 g/mol. The summed E-state index contributed by atoms with van der Waals surface area (Å²) in [5.74, 6) is -0.0192. The molecule has 2 N–H and O–H groups in total. The molecule has 0 spiro atoms. The highest BCUT2D eigenvalue weighted by Crippen LogP contribution is 2.16. The van der Waals surface area contributed by atoms with Gasteiger partial charge in [0.05, 0.1) is 10.6 Å². The number of hydrogen-bond acceptors (Lipinski definition) is 3. The average molecular weight is 278 g/mol. The Morgan fingerprint density at radius 2 is 1.86 bits per heavy atom. The third kappa shape index (κ3) is 3.08. The summed E-state index contributed by atoms with van der Waals surface area (Å²) >= 11 is 3.24. The van der Waals surface area contributed by atoms with E-state index in [1.165, 1.54) is 0 Å². The molecule has 78 valence electrons. The Hall–Kier alpha value is -0.390. The first kappa shape index (κ1) is 11.7. The number of benzene rings is 1. The first-order valence-corrected chi connectivity index (χ1v) is 6.60. The van der Waals surface area contributed by atoms with E-state index in [9.17, 15) is 8.42 Å².